The molecule has 0 bridgehead atoms. The first-order chi connectivity index (χ1) is 14.4. The third kappa shape index (κ3) is 4.89. The zero-order valence-corrected chi connectivity index (χ0v) is 16.9. The van der Waals surface area contributed by atoms with Gasteiger partial charge < -0.3 is 19.9 Å². The topological polar surface area (TPSA) is 65.1 Å². The molecule has 0 spiro atoms. The number of halogens is 2. The van der Waals surface area contributed by atoms with Crippen molar-refractivity contribution in [1.82, 2.24) is 20.0 Å². The molecular formula is C21H28F2N4O3. The second kappa shape index (κ2) is 8.85. The minimum absolute atomic E-state index is 0.123. The number of benzene rings is 1. The Morgan fingerprint density at radius 1 is 1.07 bits per heavy atom. The van der Waals surface area contributed by atoms with Crippen LogP contribution in [-0.4, -0.2) is 90.5 Å². The van der Waals surface area contributed by atoms with Crippen molar-refractivity contribution >= 4 is 12.0 Å². The Balaban J connectivity index is 1.20. The van der Waals surface area contributed by atoms with Crippen molar-refractivity contribution in [2.75, 3.05) is 45.8 Å². The summed E-state index contributed by atoms with van der Waals surface area (Å²) in [5, 5.41) is 3.20. The van der Waals surface area contributed by atoms with Crippen LogP contribution in [0.4, 0.5) is 13.6 Å². The fourth-order valence-electron chi connectivity index (χ4n) is 4.41. The van der Waals surface area contributed by atoms with Gasteiger partial charge in [-0.25, -0.2) is 13.6 Å². The quantitative estimate of drug-likeness (QED) is 0.798. The normalized spacial score (nSPS) is 26.7. The summed E-state index contributed by atoms with van der Waals surface area (Å²) < 4.78 is 32.2. The molecule has 0 unspecified atom stereocenters. The first kappa shape index (κ1) is 21.0. The van der Waals surface area contributed by atoms with Crippen LogP contribution in [0.5, 0.6) is 0 Å². The number of likely N-dealkylation sites (tertiary alicyclic amines) is 1. The molecule has 3 aliphatic rings. The summed E-state index contributed by atoms with van der Waals surface area (Å²) in [6.45, 7) is 3.11. The van der Waals surface area contributed by atoms with Gasteiger partial charge in [-0.15, -0.1) is 0 Å². The Morgan fingerprint density at radius 2 is 1.80 bits per heavy atom. The van der Waals surface area contributed by atoms with E-state index < -0.39 is 18.5 Å². The molecule has 3 saturated heterocycles. The fourth-order valence-corrected chi connectivity index (χ4v) is 4.41. The largest absolute Gasteiger partial charge is 0.445 e. The number of carbonyl (C=O) groups excluding carboxylic acids is 2. The monoisotopic (exact) mass is 422 g/mol. The van der Waals surface area contributed by atoms with Gasteiger partial charge in [0.05, 0.1) is 12.6 Å². The first-order valence-electron chi connectivity index (χ1n) is 10.5. The first-order valence-corrected chi connectivity index (χ1v) is 10.5. The van der Waals surface area contributed by atoms with Crippen LogP contribution in [0.15, 0.2) is 30.3 Å². The third-order valence-electron chi connectivity index (χ3n) is 6.18. The summed E-state index contributed by atoms with van der Waals surface area (Å²) in [6.07, 6.45) is 0.0439. The van der Waals surface area contributed by atoms with E-state index >= 15 is 0 Å². The molecular weight excluding hydrogens is 394 g/mol. The van der Waals surface area contributed by atoms with E-state index in [0.29, 0.717) is 39.1 Å². The smallest absolute Gasteiger partial charge is 0.410 e. The lowest BCUT2D eigenvalue weighted by Gasteiger charge is -2.37. The van der Waals surface area contributed by atoms with E-state index in [-0.39, 0.29) is 37.6 Å². The second-order valence-corrected chi connectivity index (χ2v) is 8.28. The number of hydrogen-bond donors (Lipinski definition) is 1. The summed E-state index contributed by atoms with van der Waals surface area (Å²) in [7, 11) is 0. The van der Waals surface area contributed by atoms with Crippen molar-refractivity contribution < 1.29 is 23.1 Å². The van der Waals surface area contributed by atoms with Gasteiger partial charge >= 0.3 is 6.09 Å². The van der Waals surface area contributed by atoms with E-state index in [1.807, 2.05) is 30.3 Å². The number of amides is 2. The number of rotatable bonds is 4. The molecule has 3 fully saturated rings. The molecule has 0 aromatic heterocycles. The second-order valence-electron chi connectivity index (χ2n) is 8.28. The van der Waals surface area contributed by atoms with Gasteiger partial charge in [-0.05, 0) is 12.0 Å². The molecule has 7 nitrogen and oxygen atoms in total. The Bertz CT molecular complexity index is 756. The number of hydrogen-bond acceptors (Lipinski definition) is 5. The van der Waals surface area contributed by atoms with Crippen molar-refractivity contribution in [3.05, 3.63) is 35.9 Å². The molecule has 3 heterocycles. The average Bonchev–Trinajstić information content (AvgIpc) is 3.39. The van der Waals surface area contributed by atoms with Crippen molar-refractivity contribution in [3.63, 3.8) is 0 Å². The van der Waals surface area contributed by atoms with Crippen LogP contribution < -0.4 is 5.32 Å². The molecule has 30 heavy (non-hydrogen) atoms. The van der Waals surface area contributed by atoms with Crippen molar-refractivity contribution in [3.8, 4) is 0 Å². The Labute approximate surface area is 174 Å². The summed E-state index contributed by atoms with van der Waals surface area (Å²) >= 11 is 0. The van der Waals surface area contributed by atoms with Crippen molar-refractivity contribution in [2.45, 2.75) is 37.5 Å². The number of piperazine rings is 1. The molecule has 0 radical (unpaired) electrons. The molecule has 1 N–H and O–H groups in total. The molecule has 1 aromatic rings. The maximum atomic E-state index is 13.4. The van der Waals surface area contributed by atoms with Gasteiger partial charge in [-0.3, -0.25) is 9.69 Å². The van der Waals surface area contributed by atoms with Gasteiger partial charge in [0, 0.05) is 51.7 Å². The number of ether oxygens (including phenoxy) is 1. The van der Waals surface area contributed by atoms with E-state index in [0.717, 1.165) is 5.56 Å². The highest BCUT2D eigenvalue weighted by Gasteiger charge is 2.44. The molecule has 2 atom stereocenters. The average molecular weight is 422 g/mol. The van der Waals surface area contributed by atoms with Gasteiger partial charge in [0.15, 0.2) is 0 Å². The fraction of sp³-hybridized carbons (Fsp3) is 0.619. The van der Waals surface area contributed by atoms with Gasteiger partial charge in [-0.2, -0.15) is 0 Å². The summed E-state index contributed by atoms with van der Waals surface area (Å²) in [5.41, 5.74) is 0.952. The van der Waals surface area contributed by atoms with Crippen LogP contribution >= 0.6 is 0 Å². The zero-order valence-electron chi connectivity index (χ0n) is 16.9. The maximum Gasteiger partial charge on any atom is 0.410 e. The highest BCUT2D eigenvalue weighted by Crippen LogP contribution is 2.28. The summed E-state index contributed by atoms with van der Waals surface area (Å²) in [4.78, 5) is 30.1. The maximum absolute atomic E-state index is 13.4. The number of nitrogens with zero attached hydrogens (tertiary/aromatic N) is 3. The van der Waals surface area contributed by atoms with Crippen LogP contribution in [0, 0.1) is 0 Å². The zero-order chi connectivity index (χ0) is 21.1. The van der Waals surface area contributed by atoms with E-state index in [4.69, 9.17) is 4.74 Å². The van der Waals surface area contributed by atoms with E-state index in [2.05, 4.69) is 10.2 Å². The Kier molecular flexibility index (Phi) is 6.19. The standard InChI is InChI=1S/C21H28F2N4O3/c22-21(23)6-7-27(15-21)19(28)18-12-17(13-24-18)25-8-10-26(11-9-25)20(29)30-14-16-4-2-1-3-5-16/h1-5,17-18,24H,6-15H2/t17-,18-/m0/s1. The number of nitrogens with one attached hydrogen (secondary N) is 1. The van der Waals surface area contributed by atoms with Gasteiger partial charge in [0.25, 0.3) is 5.92 Å². The molecule has 4 rings (SSSR count). The Hall–Kier alpha value is -2.26. The van der Waals surface area contributed by atoms with Crippen molar-refractivity contribution in [2.24, 2.45) is 0 Å². The van der Waals surface area contributed by atoms with E-state index in [9.17, 15) is 18.4 Å². The lowest BCUT2D eigenvalue weighted by Crippen LogP contribution is -2.52. The van der Waals surface area contributed by atoms with Crippen LogP contribution in [0.1, 0.15) is 18.4 Å². The molecule has 0 saturated carbocycles. The highest BCUT2D eigenvalue weighted by molar-refractivity contribution is 5.82. The number of carbonyl (C=O) groups is 2. The predicted molar refractivity (Wildman–Crippen MR) is 106 cm³/mol. The van der Waals surface area contributed by atoms with E-state index in [1.165, 1.54) is 4.90 Å². The molecule has 3 aliphatic heterocycles. The van der Waals surface area contributed by atoms with E-state index in [1.54, 1.807) is 4.90 Å². The highest BCUT2D eigenvalue weighted by atomic mass is 19.3. The van der Waals surface area contributed by atoms with Crippen LogP contribution in [-0.2, 0) is 16.1 Å². The molecule has 2 amide bonds. The third-order valence-corrected chi connectivity index (χ3v) is 6.18. The van der Waals surface area contributed by atoms with Crippen LogP contribution in [0.25, 0.3) is 0 Å². The van der Waals surface area contributed by atoms with Crippen LogP contribution in [0.3, 0.4) is 0 Å². The summed E-state index contributed by atoms with van der Waals surface area (Å²) in [5.74, 6) is -2.99. The molecule has 164 valence electrons. The molecule has 9 heteroatoms. The van der Waals surface area contributed by atoms with Crippen LogP contribution in [0.2, 0.25) is 0 Å². The predicted octanol–water partition coefficient (Wildman–Crippen LogP) is 1.54. The van der Waals surface area contributed by atoms with Crippen molar-refractivity contribution in [1.29, 1.82) is 0 Å². The lowest BCUT2D eigenvalue weighted by atomic mass is 10.1. The SMILES string of the molecule is O=C(OCc1ccccc1)N1CCN([C@@H]2CN[C@H](C(=O)N3CCC(F)(F)C3)C2)CC1. The molecule has 0 aliphatic carbocycles. The number of alkyl halides is 2. The van der Waals surface area contributed by atoms with Gasteiger partial charge in [0.2, 0.25) is 5.91 Å². The Morgan fingerprint density at radius 3 is 2.47 bits per heavy atom. The molecule has 1 aromatic carbocycles. The summed E-state index contributed by atoms with van der Waals surface area (Å²) in [6, 6.07) is 9.33. The minimum Gasteiger partial charge on any atom is -0.445 e. The minimum atomic E-state index is -2.76. The van der Waals surface area contributed by atoms with Gasteiger partial charge in [0.1, 0.15) is 6.61 Å². The van der Waals surface area contributed by atoms with Gasteiger partial charge in [-0.1, -0.05) is 30.3 Å². The lowest BCUT2D eigenvalue weighted by molar-refractivity contribution is -0.133.